The monoisotopic (exact) mass is 332 g/mol. The van der Waals surface area contributed by atoms with Gasteiger partial charge in [0, 0.05) is 11.1 Å². The van der Waals surface area contributed by atoms with Gasteiger partial charge in [-0.25, -0.2) is 4.68 Å². The summed E-state index contributed by atoms with van der Waals surface area (Å²) in [5.74, 6) is 2.45. The fourth-order valence-corrected chi connectivity index (χ4v) is 3.48. The van der Waals surface area contributed by atoms with Gasteiger partial charge in [-0.2, -0.15) is 10.1 Å². The van der Waals surface area contributed by atoms with Crippen molar-refractivity contribution in [3.05, 3.63) is 71.6 Å². The number of nitrogens with one attached hydrogen (secondary N) is 1. The summed E-state index contributed by atoms with van der Waals surface area (Å²) < 4.78 is 13.2. The van der Waals surface area contributed by atoms with Gasteiger partial charge >= 0.3 is 0 Å². The van der Waals surface area contributed by atoms with Gasteiger partial charge in [-0.1, -0.05) is 24.3 Å². The minimum Gasteiger partial charge on any atom is -0.497 e. The summed E-state index contributed by atoms with van der Waals surface area (Å²) in [6.07, 6.45) is 1.57. The number of hydrogen-bond acceptors (Lipinski definition) is 5. The molecule has 3 aromatic rings. The van der Waals surface area contributed by atoms with E-state index in [9.17, 15) is 0 Å². The van der Waals surface area contributed by atoms with E-state index in [0.717, 1.165) is 39.8 Å². The second-order valence-corrected chi connectivity index (χ2v) is 6.01. The first kappa shape index (κ1) is 14.1. The molecule has 124 valence electrons. The zero-order valence-corrected chi connectivity index (χ0v) is 13.6. The van der Waals surface area contributed by atoms with E-state index in [-0.39, 0.29) is 6.04 Å². The van der Waals surface area contributed by atoms with Crippen molar-refractivity contribution < 1.29 is 9.47 Å². The molecule has 0 saturated heterocycles. The Balaban J connectivity index is 1.69. The number of rotatable bonds is 2. The molecule has 1 atom stereocenters. The first-order chi connectivity index (χ1) is 12.3. The molecule has 0 spiro atoms. The summed E-state index contributed by atoms with van der Waals surface area (Å²) in [4.78, 5) is 4.37. The smallest absolute Gasteiger partial charge is 0.226 e. The van der Waals surface area contributed by atoms with Crippen molar-refractivity contribution in [3.63, 3.8) is 0 Å². The Morgan fingerprint density at radius 2 is 2.00 bits per heavy atom. The van der Waals surface area contributed by atoms with Crippen LogP contribution in [0.5, 0.6) is 11.5 Å². The Labute approximate surface area is 144 Å². The zero-order valence-electron chi connectivity index (χ0n) is 13.6. The van der Waals surface area contributed by atoms with Crippen molar-refractivity contribution >= 4 is 11.6 Å². The Hall–Kier alpha value is -3.28. The highest BCUT2D eigenvalue weighted by Crippen LogP contribution is 2.43. The molecule has 25 heavy (non-hydrogen) atoms. The summed E-state index contributed by atoms with van der Waals surface area (Å²) in [6.45, 7) is 0.509. The number of aromatic nitrogens is 3. The molecular formula is C19H16N4O2. The maximum atomic E-state index is 6.00. The standard InChI is InChI=1S/C19H16N4O2/c1-24-13-8-6-12(7-9-13)18-15-10-25-16-5-3-2-4-14(16)17(15)22-19-20-11-21-23(18)19/h2-9,11,18H,10H2,1H3,(H,20,21,22). The van der Waals surface area contributed by atoms with E-state index >= 15 is 0 Å². The fraction of sp³-hybridized carbons (Fsp3) is 0.158. The van der Waals surface area contributed by atoms with Crippen LogP contribution in [0.3, 0.4) is 0 Å². The minimum absolute atomic E-state index is 0.0620. The predicted molar refractivity (Wildman–Crippen MR) is 93.6 cm³/mol. The molecule has 0 saturated carbocycles. The quantitative estimate of drug-likeness (QED) is 0.781. The van der Waals surface area contributed by atoms with Crippen LogP contribution < -0.4 is 14.8 Å². The van der Waals surface area contributed by atoms with Crippen molar-refractivity contribution in [3.8, 4) is 11.5 Å². The molecule has 0 radical (unpaired) electrons. The van der Waals surface area contributed by atoms with Crippen molar-refractivity contribution in [2.45, 2.75) is 6.04 Å². The van der Waals surface area contributed by atoms with Crippen molar-refractivity contribution in [1.82, 2.24) is 14.8 Å². The van der Waals surface area contributed by atoms with Crippen LogP contribution in [0.4, 0.5) is 5.95 Å². The molecule has 2 aromatic carbocycles. The highest BCUT2D eigenvalue weighted by atomic mass is 16.5. The second kappa shape index (κ2) is 5.37. The molecule has 0 aliphatic carbocycles. The predicted octanol–water partition coefficient (Wildman–Crippen LogP) is 3.11. The van der Waals surface area contributed by atoms with Crippen LogP contribution in [0.25, 0.3) is 5.70 Å². The van der Waals surface area contributed by atoms with Gasteiger partial charge in [0.2, 0.25) is 5.95 Å². The van der Waals surface area contributed by atoms with Crippen molar-refractivity contribution in [1.29, 1.82) is 0 Å². The van der Waals surface area contributed by atoms with E-state index in [4.69, 9.17) is 9.47 Å². The van der Waals surface area contributed by atoms with Crippen LogP contribution in [-0.4, -0.2) is 28.5 Å². The number of anilines is 1. The van der Waals surface area contributed by atoms with Crippen LogP contribution >= 0.6 is 0 Å². The van der Waals surface area contributed by atoms with Crippen LogP contribution in [0.2, 0.25) is 0 Å². The van der Waals surface area contributed by atoms with E-state index in [1.54, 1.807) is 13.4 Å². The zero-order chi connectivity index (χ0) is 16.8. The number of hydrogen-bond donors (Lipinski definition) is 1. The van der Waals surface area contributed by atoms with E-state index < -0.39 is 0 Å². The lowest BCUT2D eigenvalue weighted by Gasteiger charge is -2.34. The van der Waals surface area contributed by atoms with Gasteiger partial charge in [0.05, 0.1) is 12.8 Å². The summed E-state index contributed by atoms with van der Waals surface area (Å²) in [5, 5.41) is 7.85. The molecule has 2 aliphatic rings. The van der Waals surface area contributed by atoms with Gasteiger partial charge in [-0.05, 0) is 29.8 Å². The van der Waals surface area contributed by atoms with Gasteiger partial charge in [0.25, 0.3) is 0 Å². The third-order valence-corrected chi connectivity index (χ3v) is 4.68. The fourth-order valence-electron chi connectivity index (χ4n) is 3.48. The summed E-state index contributed by atoms with van der Waals surface area (Å²) in [7, 11) is 1.67. The van der Waals surface area contributed by atoms with Crippen LogP contribution in [-0.2, 0) is 0 Å². The van der Waals surface area contributed by atoms with Crippen molar-refractivity contribution in [2.24, 2.45) is 0 Å². The number of ether oxygens (including phenoxy) is 2. The molecule has 0 amide bonds. The highest BCUT2D eigenvalue weighted by Gasteiger charge is 2.34. The number of nitrogens with zero attached hydrogens (tertiary/aromatic N) is 3. The summed E-state index contributed by atoms with van der Waals surface area (Å²) >= 11 is 0. The van der Waals surface area contributed by atoms with Crippen LogP contribution in [0.1, 0.15) is 17.2 Å². The largest absolute Gasteiger partial charge is 0.497 e. The van der Waals surface area contributed by atoms with E-state index in [1.807, 2.05) is 35.0 Å². The van der Waals surface area contributed by atoms with Gasteiger partial charge in [-0.3, -0.25) is 0 Å². The van der Waals surface area contributed by atoms with E-state index in [2.05, 4.69) is 33.6 Å². The second-order valence-electron chi connectivity index (χ2n) is 6.01. The maximum absolute atomic E-state index is 6.00. The van der Waals surface area contributed by atoms with Gasteiger partial charge in [-0.15, -0.1) is 0 Å². The average Bonchev–Trinajstić information content (AvgIpc) is 3.14. The summed E-state index contributed by atoms with van der Waals surface area (Å²) in [5.41, 5.74) is 4.37. The molecule has 0 bridgehead atoms. The van der Waals surface area contributed by atoms with Crippen LogP contribution in [0, 0.1) is 0 Å². The minimum atomic E-state index is -0.0620. The Morgan fingerprint density at radius 1 is 1.16 bits per heavy atom. The Morgan fingerprint density at radius 3 is 2.84 bits per heavy atom. The lowest BCUT2D eigenvalue weighted by atomic mass is 9.92. The SMILES string of the molecule is COc1ccc(C2C3=C(Nc4ncnn42)c2ccccc2OC3)cc1. The summed E-state index contributed by atoms with van der Waals surface area (Å²) in [6, 6.07) is 16.0. The lowest BCUT2D eigenvalue weighted by Crippen LogP contribution is -2.30. The number of benzene rings is 2. The van der Waals surface area contributed by atoms with Crippen molar-refractivity contribution in [2.75, 3.05) is 19.0 Å². The topological polar surface area (TPSA) is 61.2 Å². The molecule has 1 N–H and O–H groups in total. The van der Waals surface area contributed by atoms with Gasteiger partial charge < -0.3 is 14.8 Å². The van der Waals surface area contributed by atoms with Gasteiger partial charge in [0.15, 0.2) is 0 Å². The van der Waals surface area contributed by atoms with Gasteiger partial charge in [0.1, 0.15) is 30.5 Å². The molecule has 1 unspecified atom stereocenters. The third kappa shape index (κ3) is 2.11. The average molecular weight is 332 g/mol. The molecule has 2 aliphatic heterocycles. The number of methoxy groups -OCH3 is 1. The molecular weight excluding hydrogens is 316 g/mol. The Kier molecular flexibility index (Phi) is 3.03. The molecule has 1 aromatic heterocycles. The maximum Gasteiger partial charge on any atom is 0.226 e. The highest BCUT2D eigenvalue weighted by molar-refractivity contribution is 5.84. The first-order valence-corrected chi connectivity index (χ1v) is 8.11. The number of fused-ring (bicyclic) bond motifs is 3. The molecule has 5 rings (SSSR count). The molecule has 3 heterocycles. The molecule has 6 nitrogen and oxygen atoms in total. The molecule has 6 heteroatoms. The Bertz CT molecular complexity index is 975. The van der Waals surface area contributed by atoms with E-state index in [0.29, 0.717) is 6.61 Å². The first-order valence-electron chi connectivity index (χ1n) is 8.11. The molecule has 0 fully saturated rings. The number of para-hydroxylation sites is 1. The lowest BCUT2D eigenvalue weighted by molar-refractivity contribution is 0.328. The van der Waals surface area contributed by atoms with Crippen LogP contribution in [0.15, 0.2) is 60.4 Å². The van der Waals surface area contributed by atoms with E-state index in [1.165, 1.54) is 0 Å². The normalized spacial score (nSPS) is 17.7. The third-order valence-electron chi connectivity index (χ3n) is 4.68.